The first kappa shape index (κ1) is 8.52. The van der Waals surface area contributed by atoms with Gasteiger partial charge in [-0.15, -0.1) is 0 Å². The highest BCUT2D eigenvalue weighted by molar-refractivity contribution is 5.69. The summed E-state index contributed by atoms with van der Waals surface area (Å²) >= 11 is 0. The molecule has 0 atom stereocenters. The molecule has 0 aliphatic heterocycles. The lowest BCUT2D eigenvalue weighted by atomic mass is 9.89. The van der Waals surface area contributed by atoms with E-state index < -0.39 is 6.85 Å². The second kappa shape index (κ2) is 4.75. The Kier molecular flexibility index (Phi) is 2.38. The third-order valence-electron chi connectivity index (χ3n) is 3.15. The SMILES string of the molecule is [2H]C([2H])([2H])c1cc(-c2ccccc2)c(C)c(C(C)C)c1. The molecule has 2 rings (SSSR count). The van der Waals surface area contributed by atoms with Crippen LogP contribution in [-0.4, -0.2) is 0 Å². The van der Waals surface area contributed by atoms with Gasteiger partial charge in [-0.25, -0.2) is 0 Å². The topological polar surface area (TPSA) is 0 Å². The first-order valence-corrected chi connectivity index (χ1v) is 6.01. The molecule has 0 bridgehead atoms. The largest absolute Gasteiger partial charge is 0.0622 e. The van der Waals surface area contributed by atoms with E-state index in [4.69, 9.17) is 4.11 Å². The van der Waals surface area contributed by atoms with Gasteiger partial charge in [-0.2, -0.15) is 0 Å². The van der Waals surface area contributed by atoms with Crippen LogP contribution in [0, 0.1) is 13.8 Å². The molecule has 0 heterocycles. The van der Waals surface area contributed by atoms with Crippen LogP contribution in [0.1, 0.15) is 40.6 Å². The van der Waals surface area contributed by atoms with Gasteiger partial charge in [0.15, 0.2) is 0 Å². The summed E-state index contributed by atoms with van der Waals surface area (Å²) in [6.07, 6.45) is 0. The fourth-order valence-corrected chi connectivity index (χ4v) is 2.25. The average Bonchev–Trinajstić information content (AvgIpc) is 2.38. The Labute approximate surface area is 109 Å². The maximum Gasteiger partial charge on any atom is 0.0280 e. The van der Waals surface area contributed by atoms with Gasteiger partial charge in [-0.1, -0.05) is 61.9 Å². The summed E-state index contributed by atoms with van der Waals surface area (Å²) in [5.41, 5.74) is 4.78. The molecule has 2 aromatic rings. The molecule has 0 radical (unpaired) electrons. The Morgan fingerprint density at radius 2 is 1.76 bits per heavy atom. The second-order valence-corrected chi connectivity index (χ2v) is 4.76. The van der Waals surface area contributed by atoms with E-state index in [9.17, 15) is 0 Å². The van der Waals surface area contributed by atoms with Crippen molar-refractivity contribution in [3.05, 3.63) is 59.2 Å². The quantitative estimate of drug-likeness (QED) is 0.670. The van der Waals surface area contributed by atoms with Gasteiger partial charge in [0, 0.05) is 4.11 Å². The zero-order valence-electron chi connectivity index (χ0n) is 13.6. The number of benzene rings is 2. The first-order chi connectivity index (χ1) is 9.30. The maximum atomic E-state index is 7.67. The molecule has 2 aromatic carbocycles. The van der Waals surface area contributed by atoms with Crippen LogP contribution >= 0.6 is 0 Å². The van der Waals surface area contributed by atoms with Gasteiger partial charge in [0.25, 0.3) is 0 Å². The highest BCUT2D eigenvalue weighted by Crippen LogP contribution is 2.30. The Morgan fingerprint density at radius 3 is 2.35 bits per heavy atom. The Balaban J connectivity index is 2.70. The predicted molar refractivity (Wildman–Crippen MR) is 75.4 cm³/mol. The van der Waals surface area contributed by atoms with Crippen LogP contribution in [0.25, 0.3) is 11.1 Å². The van der Waals surface area contributed by atoms with Crippen LogP contribution in [0.3, 0.4) is 0 Å². The van der Waals surface area contributed by atoms with Crippen molar-refractivity contribution in [1.29, 1.82) is 0 Å². The van der Waals surface area contributed by atoms with Gasteiger partial charge in [-0.05, 0) is 41.9 Å². The fraction of sp³-hybridized carbons (Fsp3) is 0.294. The van der Waals surface area contributed by atoms with Crippen LogP contribution in [0.4, 0.5) is 0 Å². The molecule has 0 aliphatic carbocycles. The monoisotopic (exact) mass is 227 g/mol. The fourth-order valence-electron chi connectivity index (χ4n) is 2.25. The summed E-state index contributed by atoms with van der Waals surface area (Å²) < 4.78 is 23.0. The van der Waals surface area contributed by atoms with Crippen molar-refractivity contribution >= 4 is 0 Å². The van der Waals surface area contributed by atoms with Crippen LogP contribution in [0.5, 0.6) is 0 Å². The van der Waals surface area contributed by atoms with Crippen molar-refractivity contribution < 1.29 is 4.11 Å². The highest BCUT2D eigenvalue weighted by atomic mass is 14.1. The van der Waals surface area contributed by atoms with E-state index in [1.54, 1.807) is 0 Å². The molecule has 0 aliphatic rings. The molecule has 0 spiro atoms. The van der Waals surface area contributed by atoms with Gasteiger partial charge in [0.05, 0.1) is 0 Å². The smallest absolute Gasteiger partial charge is 0.0280 e. The molecule has 0 saturated carbocycles. The molecule has 0 fully saturated rings. The van der Waals surface area contributed by atoms with E-state index in [0.717, 1.165) is 16.7 Å². The van der Waals surface area contributed by atoms with Crippen molar-refractivity contribution in [2.75, 3.05) is 0 Å². The van der Waals surface area contributed by atoms with Crippen LogP contribution in [0.2, 0.25) is 0 Å². The average molecular weight is 227 g/mol. The molecular weight excluding hydrogens is 204 g/mol. The van der Waals surface area contributed by atoms with Crippen LogP contribution in [-0.2, 0) is 0 Å². The minimum absolute atomic E-state index is 0.305. The Hall–Kier alpha value is -1.56. The zero-order chi connectivity index (χ0) is 14.9. The van der Waals surface area contributed by atoms with E-state index in [2.05, 4.69) is 20.8 Å². The molecule has 0 N–H and O–H groups in total. The predicted octanol–water partition coefficient (Wildman–Crippen LogP) is 5.09. The minimum atomic E-state index is -2.07. The minimum Gasteiger partial charge on any atom is -0.0622 e. The molecule has 88 valence electrons. The van der Waals surface area contributed by atoms with E-state index in [1.807, 2.05) is 42.5 Å². The van der Waals surface area contributed by atoms with Gasteiger partial charge >= 0.3 is 0 Å². The standard InChI is InChI=1S/C17H20/c1-12(2)16-10-13(3)11-17(14(16)4)15-8-6-5-7-9-15/h5-12H,1-4H3/i3D3. The van der Waals surface area contributed by atoms with Crippen molar-refractivity contribution in [3.8, 4) is 11.1 Å². The number of hydrogen-bond acceptors (Lipinski definition) is 0. The lowest BCUT2D eigenvalue weighted by Crippen LogP contribution is -1.96. The summed E-state index contributed by atoms with van der Waals surface area (Å²) in [6.45, 7) is 4.20. The van der Waals surface area contributed by atoms with Crippen molar-refractivity contribution in [1.82, 2.24) is 0 Å². The lowest BCUT2D eigenvalue weighted by Gasteiger charge is -2.16. The summed E-state index contributed by atoms with van der Waals surface area (Å²) in [4.78, 5) is 0. The summed E-state index contributed by atoms with van der Waals surface area (Å²) in [6, 6.07) is 13.6. The van der Waals surface area contributed by atoms with E-state index in [1.165, 1.54) is 5.56 Å². The zero-order valence-corrected chi connectivity index (χ0v) is 10.6. The molecule has 0 saturated heterocycles. The molecule has 0 heteroatoms. The highest BCUT2D eigenvalue weighted by Gasteiger charge is 2.09. The van der Waals surface area contributed by atoms with Crippen molar-refractivity contribution in [2.45, 2.75) is 33.5 Å². The van der Waals surface area contributed by atoms with Gasteiger partial charge < -0.3 is 0 Å². The van der Waals surface area contributed by atoms with Gasteiger partial charge in [0.1, 0.15) is 0 Å². The molecular formula is C17H20. The molecule has 0 aromatic heterocycles. The van der Waals surface area contributed by atoms with Gasteiger partial charge in [-0.3, -0.25) is 0 Å². The van der Waals surface area contributed by atoms with Crippen molar-refractivity contribution in [3.63, 3.8) is 0 Å². The van der Waals surface area contributed by atoms with Crippen molar-refractivity contribution in [2.24, 2.45) is 0 Å². The second-order valence-electron chi connectivity index (χ2n) is 4.76. The number of aryl methyl sites for hydroxylation is 1. The third-order valence-corrected chi connectivity index (χ3v) is 3.15. The maximum absolute atomic E-state index is 7.67. The first-order valence-electron chi connectivity index (χ1n) is 7.51. The number of rotatable bonds is 2. The molecule has 17 heavy (non-hydrogen) atoms. The molecule has 0 nitrogen and oxygen atoms in total. The Morgan fingerprint density at radius 1 is 1.06 bits per heavy atom. The van der Waals surface area contributed by atoms with Crippen LogP contribution < -0.4 is 0 Å². The van der Waals surface area contributed by atoms with E-state index >= 15 is 0 Å². The Bertz CT molecular complexity index is 596. The number of hydrogen-bond donors (Lipinski definition) is 0. The molecule has 0 amide bonds. The normalized spacial score (nSPS) is 14.2. The lowest BCUT2D eigenvalue weighted by molar-refractivity contribution is 0.855. The van der Waals surface area contributed by atoms with E-state index in [-0.39, 0.29) is 0 Å². The van der Waals surface area contributed by atoms with E-state index in [0.29, 0.717) is 11.5 Å². The summed E-state index contributed by atoms with van der Waals surface area (Å²) in [5.74, 6) is 0.305. The summed E-state index contributed by atoms with van der Waals surface area (Å²) in [5, 5.41) is 0. The van der Waals surface area contributed by atoms with Gasteiger partial charge in [0.2, 0.25) is 0 Å². The summed E-state index contributed by atoms with van der Waals surface area (Å²) in [7, 11) is 0. The molecule has 0 unspecified atom stereocenters. The third kappa shape index (κ3) is 2.41. The van der Waals surface area contributed by atoms with Crippen LogP contribution in [0.15, 0.2) is 42.5 Å².